The number of anilines is 1. The molecule has 13 heavy (non-hydrogen) atoms. The predicted molar refractivity (Wildman–Crippen MR) is 59.1 cm³/mol. The number of nitrogens with zero attached hydrogens (tertiary/aromatic N) is 2. The van der Waals surface area contributed by atoms with E-state index in [1.165, 1.54) is 17.9 Å². The SMILES string of the molecule is Brc1cnc(NC2CCSC2)nc1. The molecular formula is C8H10BrN3S. The molecule has 5 heteroatoms. The lowest BCUT2D eigenvalue weighted by Gasteiger charge is -2.09. The zero-order valence-electron chi connectivity index (χ0n) is 7.03. The van der Waals surface area contributed by atoms with E-state index in [0.29, 0.717) is 6.04 Å². The maximum atomic E-state index is 4.16. The number of aromatic nitrogens is 2. The first-order valence-electron chi connectivity index (χ1n) is 4.16. The first-order valence-corrected chi connectivity index (χ1v) is 6.11. The van der Waals surface area contributed by atoms with Crippen molar-refractivity contribution in [1.82, 2.24) is 9.97 Å². The molecule has 1 aliphatic heterocycles. The van der Waals surface area contributed by atoms with Gasteiger partial charge in [0.15, 0.2) is 0 Å². The summed E-state index contributed by atoms with van der Waals surface area (Å²) in [7, 11) is 0. The van der Waals surface area contributed by atoms with Crippen molar-refractivity contribution in [2.75, 3.05) is 16.8 Å². The first-order chi connectivity index (χ1) is 6.34. The summed E-state index contributed by atoms with van der Waals surface area (Å²) >= 11 is 5.28. The molecule has 0 aliphatic carbocycles. The fourth-order valence-electron chi connectivity index (χ4n) is 1.22. The van der Waals surface area contributed by atoms with Crippen LogP contribution in [0.4, 0.5) is 5.95 Å². The summed E-state index contributed by atoms with van der Waals surface area (Å²) < 4.78 is 0.916. The second kappa shape index (κ2) is 4.28. The molecule has 1 atom stereocenters. The van der Waals surface area contributed by atoms with Crippen LogP contribution >= 0.6 is 27.7 Å². The van der Waals surface area contributed by atoms with Gasteiger partial charge in [-0.1, -0.05) is 0 Å². The van der Waals surface area contributed by atoms with E-state index in [2.05, 4.69) is 31.2 Å². The van der Waals surface area contributed by atoms with Gasteiger partial charge in [-0.05, 0) is 28.1 Å². The third-order valence-corrected chi connectivity index (χ3v) is 3.46. The van der Waals surface area contributed by atoms with Crippen molar-refractivity contribution in [3.8, 4) is 0 Å². The molecule has 2 rings (SSSR count). The highest BCUT2D eigenvalue weighted by Crippen LogP contribution is 2.19. The number of thioether (sulfide) groups is 1. The van der Waals surface area contributed by atoms with Gasteiger partial charge >= 0.3 is 0 Å². The molecule has 0 saturated carbocycles. The van der Waals surface area contributed by atoms with Crippen molar-refractivity contribution in [2.45, 2.75) is 12.5 Å². The Hall–Kier alpha value is -0.290. The highest BCUT2D eigenvalue weighted by molar-refractivity contribution is 9.10. The first kappa shape index (κ1) is 9.27. The zero-order valence-corrected chi connectivity index (χ0v) is 9.44. The molecule has 3 nitrogen and oxygen atoms in total. The van der Waals surface area contributed by atoms with Crippen LogP contribution in [-0.4, -0.2) is 27.5 Å². The topological polar surface area (TPSA) is 37.8 Å². The molecule has 2 heterocycles. The molecule has 0 spiro atoms. The molecular weight excluding hydrogens is 250 g/mol. The van der Waals surface area contributed by atoms with Crippen LogP contribution in [0.2, 0.25) is 0 Å². The normalized spacial score (nSPS) is 21.8. The molecule has 0 bridgehead atoms. The van der Waals surface area contributed by atoms with E-state index < -0.39 is 0 Å². The summed E-state index contributed by atoms with van der Waals surface area (Å²) in [6.07, 6.45) is 4.74. The quantitative estimate of drug-likeness (QED) is 0.884. The van der Waals surface area contributed by atoms with Crippen molar-refractivity contribution in [3.63, 3.8) is 0 Å². The maximum Gasteiger partial charge on any atom is 0.222 e. The highest BCUT2D eigenvalue weighted by atomic mass is 79.9. The van der Waals surface area contributed by atoms with Crippen LogP contribution in [0, 0.1) is 0 Å². The molecule has 1 aromatic heterocycles. The van der Waals surface area contributed by atoms with Crippen LogP contribution in [0.5, 0.6) is 0 Å². The number of hydrogen-bond donors (Lipinski definition) is 1. The summed E-state index contributed by atoms with van der Waals surface area (Å²) in [4.78, 5) is 8.33. The summed E-state index contributed by atoms with van der Waals surface area (Å²) in [5.74, 6) is 3.14. The lowest BCUT2D eigenvalue weighted by atomic mass is 10.3. The van der Waals surface area contributed by atoms with E-state index >= 15 is 0 Å². The second-order valence-electron chi connectivity index (χ2n) is 2.93. The van der Waals surface area contributed by atoms with Gasteiger partial charge in [0.1, 0.15) is 0 Å². The Labute approximate surface area is 89.9 Å². The van der Waals surface area contributed by atoms with Crippen LogP contribution in [0.3, 0.4) is 0 Å². The molecule has 1 fully saturated rings. The number of halogens is 1. The van der Waals surface area contributed by atoms with Gasteiger partial charge in [-0.15, -0.1) is 0 Å². The van der Waals surface area contributed by atoms with Gasteiger partial charge in [-0.25, -0.2) is 9.97 Å². The van der Waals surface area contributed by atoms with E-state index in [1.807, 2.05) is 11.8 Å². The van der Waals surface area contributed by atoms with E-state index in [-0.39, 0.29) is 0 Å². The Bertz CT molecular complexity index is 271. The van der Waals surface area contributed by atoms with Crippen molar-refractivity contribution < 1.29 is 0 Å². The van der Waals surface area contributed by atoms with Gasteiger partial charge in [0.05, 0.1) is 4.47 Å². The van der Waals surface area contributed by atoms with Gasteiger partial charge in [-0.2, -0.15) is 11.8 Å². The summed E-state index contributed by atoms with van der Waals surface area (Å²) in [5.41, 5.74) is 0. The molecule has 1 aromatic rings. The summed E-state index contributed by atoms with van der Waals surface area (Å²) in [6, 6.07) is 0.547. The fraction of sp³-hybridized carbons (Fsp3) is 0.500. The van der Waals surface area contributed by atoms with E-state index in [9.17, 15) is 0 Å². The van der Waals surface area contributed by atoms with Crippen LogP contribution < -0.4 is 5.32 Å². The number of rotatable bonds is 2. The van der Waals surface area contributed by atoms with Gasteiger partial charge in [-0.3, -0.25) is 0 Å². The lowest BCUT2D eigenvalue weighted by molar-refractivity contribution is 0.798. The van der Waals surface area contributed by atoms with Gasteiger partial charge < -0.3 is 5.32 Å². The third kappa shape index (κ3) is 2.57. The van der Waals surface area contributed by atoms with Crippen LogP contribution in [0.1, 0.15) is 6.42 Å². The number of hydrogen-bond acceptors (Lipinski definition) is 4. The highest BCUT2D eigenvalue weighted by Gasteiger charge is 2.15. The van der Waals surface area contributed by atoms with Gasteiger partial charge in [0.25, 0.3) is 0 Å². The summed E-state index contributed by atoms with van der Waals surface area (Å²) in [6.45, 7) is 0. The lowest BCUT2D eigenvalue weighted by Crippen LogP contribution is -2.19. The maximum absolute atomic E-state index is 4.16. The molecule has 1 saturated heterocycles. The molecule has 1 N–H and O–H groups in total. The Morgan fingerprint density at radius 3 is 2.85 bits per heavy atom. The Morgan fingerprint density at radius 1 is 1.46 bits per heavy atom. The van der Waals surface area contributed by atoms with E-state index in [4.69, 9.17) is 0 Å². The van der Waals surface area contributed by atoms with E-state index in [1.54, 1.807) is 12.4 Å². The molecule has 0 aromatic carbocycles. The van der Waals surface area contributed by atoms with E-state index in [0.717, 1.165) is 10.4 Å². The molecule has 0 amide bonds. The van der Waals surface area contributed by atoms with Gasteiger partial charge in [0.2, 0.25) is 5.95 Å². The molecule has 1 aliphatic rings. The predicted octanol–water partition coefficient (Wildman–Crippen LogP) is 2.16. The average Bonchev–Trinajstić information content (AvgIpc) is 2.62. The Balaban J connectivity index is 1.97. The van der Waals surface area contributed by atoms with Crippen molar-refractivity contribution in [2.24, 2.45) is 0 Å². The largest absolute Gasteiger partial charge is 0.351 e. The zero-order chi connectivity index (χ0) is 9.10. The fourth-order valence-corrected chi connectivity index (χ4v) is 2.57. The summed E-state index contributed by atoms with van der Waals surface area (Å²) in [5, 5.41) is 3.30. The molecule has 1 unspecified atom stereocenters. The van der Waals surface area contributed by atoms with Crippen molar-refractivity contribution in [1.29, 1.82) is 0 Å². The second-order valence-corrected chi connectivity index (χ2v) is 5.00. The molecule has 70 valence electrons. The molecule has 0 radical (unpaired) electrons. The van der Waals surface area contributed by atoms with Crippen LogP contribution in [0.25, 0.3) is 0 Å². The van der Waals surface area contributed by atoms with Crippen molar-refractivity contribution >= 4 is 33.6 Å². The Kier molecular flexibility index (Phi) is 3.05. The standard InChI is InChI=1S/C8H10BrN3S/c9-6-3-10-8(11-4-6)12-7-1-2-13-5-7/h3-4,7H,1-2,5H2,(H,10,11,12). The Morgan fingerprint density at radius 2 is 2.23 bits per heavy atom. The minimum atomic E-state index is 0.547. The number of nitrogens with one attached hydrogen (secondary N) is 1. The van der Waals surface area contributed by atoms with Crippen LogP contribution in [-0.2, 0) is 0 Å². The third-order valence-electron chi connectivity index (χ3n) is 1.88. The monoisotopic (exact) mass is 259 g/mol. The van der Waals surface area contributed by atoms with Crippen molar-refractivity contribution in [3.05, 3.63) is 16.9 Å². The smallest absolute Gasteiger partial charge is 0.222 e. The van der Waals surface area contributed by atoms with Crippen LogP contribution in [0.15, 0.2) is 16.9 Å². The average molecular weight is 260 g/mol. The minimum Gasteiger partial charge on any atom is -0.351 e. The van der Waals surface area contributed by atoms with Gasteiger partial charge in [0, 0.05) is 24.2 Å². The minimum absolute atomic E-state index is 0.547.